The summed E-state index contributed by atoms with van der Waals surface area (Å²) < 4.78 is 4.17. The normalized spacial score (nSPS) is 11.3. The van der Waals surface area contributed by atoms with Gasteiger partial charge in [0.2, 0.25) is 0 Å². The highest BCUT2D eigenvalue weighted by Gasteiger charge is 2.14. The van der Waals surface area contributed by atoms with Crippen LogP contribution < -0.4 is 16.6 Å². The Bertz CT molecular complexity index is 1590. The Labute approximate surface area is 182 Å². The van der Waals surface area contributed by atoms with E-state index in [1.807, 2.05) is 32.9 Å². The first kappa shape index (κ1) is 19.7. The van der Waals surface area contributed by atoms with Crippen molar-refractivity contribution in [3.8, 4) is 0 Å². The van der Waals surface area contributed by atoms with Crippen LogP contribution in [-0.4, -0.2) is 28.5 Å². The molecule has 0 fully saturated rings. The number of benzene rings is 1. The first-order chi connectivity index (χ1) is 15.4. The minimum atomic E-state index is -0.335. The van der Waals surface area contributed by atoms with Crippen LogP contribution >= 0.6 is 0 Å². The van der Waals surface area contributed by atoms with E-state index in [1.54, 1.807) is 30.5 Å². The fourth-order valence-corrected chi connectivity index (χ4v) is 3.88. The van der Waals surface area contributed by atoms with Crippen LogP contribution in [0.1, 0.15) is 22.5 Å². The molecule has 9 nitrogen and oxygen atoms in total. The Morgan fingerprint density at radius 1 is 0.938 bits per heavy atom. The van der Waals surface area contributed by atoms with Crippen LogP contribution in [-0.2, 0) is 6.54 Å². The van der Waals surface area contributed by atoms with Gasteiger partial charge in [0.15, 0.2) is 0 Å². The van der Waals surface area contributed by atoms with Crippen molar-refractivity contribution >= 4 is 22.9 Å². The molecule has 0 aliphatic heterocycles. The Morgan fingerprint density at radius 3 is 2.50 bits per heavy atom. The van der Waals surface area contributed by atoms with Crippen LogP contribution in [0.15, 0.2) is 64.3 Å². The maximum atomic E-state index is 13.0. The number of rotatable bonds is 4. The molecule has 9 heteroatoms. The molecule has 160 valence electrons. The van der Waals surface area contributed by atoms with Crippen molar-refractivity contribution in [1.82, 2.24) is 28.5 Å². The molecule has 0 unspecified atom stereocenters. The third-order valence-electron chi connectivity index (χ3n) is 5.17. The molecule has 0 saturated heterocycles. The van der Waals surface area contributed by atoms with Gasteiger partial charge in [-0.2, -0.15) is 4.98 Å². The highest BCUT2D eigenvalue weighted by atomic mass is 16.2. The predicted octanol–water partition coefficient (Wildman–Crippen LogP) is 2.62. The largest absolute Gasteiger partial charge is 0.352 e. The van der Waals surface area contributed by atoms with Gasteiger partial charge in [-0.05, 0) is 56.2 Å². The molecule has 0 aliphatic rings. The molecule has 32 heavy (non-hydrogen) atoms. The van der Waals surface area contributed by atoms with Crippen molar-refractivity contribution in [2.75, 3.05) is 5.32 Å². The van der Waals surface area contributed by atoms with Gasteiger partial charge in [0.05, 0.1) is 12.2 Å². The molecular formula is C23H21N7O2. The van der Waals surface area contributed by atoms with E-state index in [0.717, 1.165) is 16.8 Å². The van der Waals surface area contributed by atoms with Gasteiger partial charge in [-0.25, -0.2) is 18.9 Å². The molecule has 5 aromatic rings. The van der Waals surface area contributed by atoms with Gasteiger partial charge in [-0.1, -0.05) is 12.1 Å². The molecular weight excluding hydrogens is 406 g/mol. The molecule has 1 N–H and O–H groups in total. The highest BCUT2D eigenvalue weighted by Crippen LogP contribution is 2.19. The van der Waals surface area contributed by atoms with Crippen molar-refractivity contribution in [3.05, 3.63) is 98.1 Å². The highest BCUT2D eigenvalue weighted by molar-refractivity contribution is 5.60. The number of aromatic nitrogens is 6. The van der Waals surface area contributed by atoms with E-state index < -0.39 is 0 Å². The zero-order valence-electron chi connectivity index (χ0n) is 17.9. The van der Waals surface area contributed by atoms with E-state index in [9.17, 15) is 9.59 Å². The van der Waals surface area contributed by atoms with Crippen LogP contribution in [0.25, 0.3) is 11.4 Å². The lowest BCUT2D eigenvalue weighted by atomic mass is 10.1. The van der Waals surface area contributed by atoms with E-state index in [-0.39, 0.29) is 23.6 Å². The van der Waals surface area contributed by atoms with E-state index in [2.05, 4.69) is 26.4 Å². The quantitative estimate of drug-likeness (QED) is 0.473. The maximum absolute atomic E-state index is 13.0. The Balaban J connectivity index is 1.53. The number of hydrogen-bond donors (Lipinski definition) is 1. The standard InChI is InChI=1S/C23H21N7O2/c1-14-8-15(2)10-17(9-14)24-19-11-16(3)30-22(26-19)27-29(23(30)32)13-18-12-21(31)28-7-5-4-6-20(28)25-18/h4-12H,13H2,1-3H3,(H,24,26,27). The molecule has 0 aliphatic carbocycles. The minimum absolute atomic E-state index is 0.0715. The lowest BCUT2D eigenvalue weighted by Gasteiger charge is -2.09. The van der Waals surface area contributed by atoms with Crippen LogP contribution in [0.3, 0.4) is 0 Å². The number of nitrogens with one attached hydrogen (secondary N) is 1. The number of aryl methyl sites for hydroxylation is 3. The maximum Gasteiger partial charge on any atom is 0.352 e. The van der Waals surface area contributed by atoms with E-state index >= 15 is 0 Å². The van der Waals surface area contributed by atoms with Crippen molar-refractivity contribution in [3.63, 3.8) is 0 Å². The van der Waals surface area contributed by atoms with E-state index in [1.165, 1.54) is 19.5 Å². The number of fused-ring (bicyclic) bond motifs is 2. The molecule has 0 bridgehead atoms. The topological polar surface area (TPSA) is 98.6 Å². The van der Waals surface area contributed by atoms with E-state index in [0.29, 0.717) is 22.9 Å². The summed E-state index contributed by atoms with van der Waals surface area (Å²) in [7, 11) is 0. The minimum Gasteiger partial charge on any atom is -0.340 e. The zero-order chi connectivity index (χ0) is 22.4. The lowest BCUT2D eigenvalue weighted by Crippen LogP contribution is -2.24. The number of nitrogens with zero attached hydrogens (tertiary/aromatic N) is 6. The Hall–Kier alpha value is -4.27. The van der Waals surface area contributed by atoms with Crippen LogP contribution in [0, 0.1) is 20.8 Å². The second kappa shape index (κ2) is 7.45. The molecule has 0 atom stereocenters. The third kappa shape index (κ3) is 3.53. The van der Waals surface area contributed by atoms with Gasteiger partial charge in [0.1, 0.15) is 11.5 Å². The zero-order valence-corrected chi connectivity index (χ0v) is 17.9. The summed E-state index contributed by atoms with van der Waals surface area (Å²) in [5.41, 5.74) is 4.33. The first-order valence-corrected chi connectivity index (χ1v) is 10.2. The second-order valence-electron chi connectivity index (χ2n) is 7.87. The van der Waals surface area contributed by atoms with Gasteiger partial charge in [0, 0.05) is 29.7 Å². The SMILES string of the molecule is Cc1cc(C)cc(Nc2cc(C)n3c(=O)n(Cc4cc(=O)n5ccccc5n4)nc3n2)c1. The lowest BCUT2D eigenvalue weighted by molar-refractivity contribution is 0.643. The third-order valence-corrected chi connectivity index (χ3v) is 5.17. The molecule has 4 heterocycles. The van der Waals surface area contributed by atoms with Crippen LogP contribution in [0.5, 0.6) is 0 Å². The first-order valence-electron chi connectivity index (χ1n) is 10.2. The smallest absolute Gasteiger partial charge is 0.340 e. The Kier molecular flexibility index (Phi) is 4.58. The van der Waals surface area contributed by atoms with Gasteiger partial charge < -0.3 is 5.32 Å². The summed E-state index contributed by atoms with van der Waals surface area (Å²) in [6, 6.07) is 14.7. The van der Waals surface area contributed by atoms with Crippen LogP contribution in [0.2, 0.25) is 0 Å². The van der Waals surface area contributed by atoms with E-state index in [4.69, 9.17) is 0 Å². The van der Waals surface area contributed by atoms with Gasteiger partial charge in [-0.15, -0.1) is 5.10 Å². The molecule has 0 spiro atoms. The molecule has 5 rings (SSSR count). The molecule has 1 aromatic carbocycles. The fraction of sp³-hybridized carbons (Fsp3) is 0.174. The summed E-state index contributed by atoms with van der Waals surface area (Å²) in [6.07, 6.45) is 1.66. The van der Waals surface area contributed by atoms with Crippen molar-refractivity contribution in [1.29, 1.82) is 0 Å². The average Bonchev–Trinajstić information content (AvgIpc) is 3.03. The molecule has 0 amide bonds. The molecule has 4 aromatic heterocycles. The summed E-state index contributed by atoms with van der Waals surface area (Å²) in [4.78, 5) is 34.3. The summed E-state index contributed by atoms with van der Waals surface area (Å²) >= 11 is 0. The fourth-order valence-electron chi connectivity index (χ4n) is 3.88. The average molecular weight is 427 g/mol. The van der Waals surface area contributed by atoms with Gasteiger partial charge >= 0.3 is 5.69 Å². The van der Waals surface area contributed by atoms with Gasteiger partial charge in [-0.3, -0.25) is 9.20 Å². The molecule has 0 radical (unpaired) electrons. The van der Waals surface area contributed by atoms with Crippen molar-refractivity contribution in [2.24, 2.45) is 0 Å². The number of hydrogen-bond acceptors (Lipinski definition) is 6. The summed E-state index contributed by atoms with van der Waals surface area (Å²) in [6.45, 7) is 5.97. The van der Waals surface area contributed by atoms with Crippen molar-refractivity contribution in [2.45, 2.75) is 27.3 Å². The molecule has 0 saturated carbocycles. The predicted molar refractivity (Wildman–Crippen MR) is 122 cm³/mol. The Morgan fingerprint density at radius 2 is 1.72 bits per heavy atom. The van der Waals surface area contributed by atoms with Crippen LogP contribution in [0.4, 0.5) is 11.5 Å². The van der Waals surface area contributed by atoms with Crippen molar-refractivity contribution < 1.29 is 0 Å². The van der Waals surface area contributed by atoms with Gasteiger partial charge in [0.25, 0.3) is 11.3 Å². The number of anilines is 2. The number of pyridine rings is 1. The monoisotopic (exact) mass is 427 g/mol. The summed E-state index contributed by atoms with van der Waals surface area (Å²) in [5, 5.41) is 7.68. The second-order valence-corrected chi connectivity index (χ2v) is 7.87. The summed E-state index contributed by atoms with van der Waals surface area (Å²) in [5.74, 6) is 0.874.